The Labute approximate surface area is 132 Å². The molecule has 118 valence electrons. The van der Waals surface area contributed by atoms with Gasteiger partial charge in [-0.15, -0.1) is 0 Å². The number of pyridine rings is 1. The maximum absolute atomic E-state index is 13.5. The van der Waals surface area contributed by atoms with Crippen molar-refractivity contribution in [2.24, 2.45) is 0 Å². The molecule has 3 aromatic rings. The molecule has 0 aliphatic heterocycles. The molecule has 0 bridgehead atoms. The number of benzene rings is 2. The molecule has 0 fully saturated rings. The van der Waals surface area contributed by atoms with Gasteiger partial charge in [0.05, 0.1) is 11.3 Å². The van der Waals surface area contributed by atoms with Crippen molar-refractivity contribution in [3.63, 3.8) is 0 Å². The van der Waals surface area contributed by atoms with E-state index in [0.717, 1.165) is 12.0 Å². The number of aromatic nitrogens is 1. The van der Waals surface area contributed by atoms with Gasteiger partial charge in [-0.05, 0) is 30.2 Å². The summed E-state index contributed by atoms with van der Waals surface area (Å²) in [7, 11) is 0. The lowest BCUT2D eigenvalue weighted by Crippen LogP contribution is -2.12. The van der Waals surface area contributed by atoms with Gasteiger partial charge in [0.1, 0.15) is 0 Å². The molecule has 0 spiro atoms. The second-order valence-corrected chi connectivity index (χ2v) is 5.50. The molecule has 0 amide bonds. The van der Waals surface area contributed by atoms with Gasteiger partial charge in [0, 0.05) is 11.6 Å². The molecule has 0 saturated carbocycles. The Morgan fingerprint density at radius 2 is 1.52 bits per heavy atom. The van der Waals surface area contributed by atoms with E-state index in [0.29, 0.717) is 18.2 Å². The first-order chi connectivity index (χ1) is 11.1. The topological polar surface area (TPSA) is 12.9 Å². The lowest BCUT2D eigenvalue weighted by Gasteiger charge is -2.15. The first-order valence-corrected chi connectivity index (χ1v) is 7.53. The van der Waals surface area contributed by atoms with Crippen LogP contribution in [0.1, 0.15) is 23.2 Å². The highest BCUT2D eigenvalue weighted by atomic mass is 19.4. The van der Waals surface area contributed by atoms with Crippen molar-refractivity contribution in [2.45, 2.75) is 25.4 Å². The Morgan fingerprint density at radius 3 is 2.26 bits per heavy atom. The minimum absolute atomic E-state index is 0.132. The number of halogens is 3. The summed E-state index contributed by atoms with van der Waals surface area (Å²) in [6.45, 7) is 0. The molecule has 0 unspecified atom stereocenters. The summed E-state index contributed by atoms with van der Waals surface area (Å²) in [6, 6.07) is 16.3. The van der Waals surface area contributed by atoms with Crippen molar-refractivity contribution < 1.29 is 13.2 Å². The van der Waals surface area contributed by atoms with Gasteiger partial charge in [0.25, 0.3) is 0 Å². The van der Waals surface area contributed by atoms with E-state index in [-0.39, 0.29) is 11.1 Å². The number of alkyl halides is 3. The van der Waals surface area contributed by atoms with Gasteiger partial charge in [0.15, 0.2) is 0 Å². The van der Waals surface area contributed by atoms with Crippen LogP contribution in [-0.2, 0) is 19.0 Å². The summed E-state index contributed by atoms with van der Waals surface area (Å²) in [5.74, 6) is 0. The number of fused-ring (bicyclic) bond motifs is 1. The van der Waals surface area contributed by atoms with E-state index in [1.807, 2.05) is 30.3 Å². The highest BCUT2D eigenvalue weighted by Gasteiger charge is 2.35. The minimum atomic E-state index is -4.39. The molecule has 2 aromatic carbocycles. The first kappa shape index (κ1) is 15.5. The van der Waals surface area contributed by atoms with Crippen LogP contribution in [0.25, 0.3) is 10.8 Å². The van der Waals surface area contributed by atoms with E-state index >= 15 is 0 Å². The SMILES string of the molecule is FC(F)(F)c1c(CCCc2ccccc2)ncc2ccccc12. The standard InChI is InChI=1S/C19H16F3N/c20-19(21,22)18-16-11-5-4-10-15(16)13-23-17(18)12-6-9-14-7-2-1-3-8-14/h1-5,7-8,10-11,13H,6,9,12H2. The predicted molar refractivity (Wildman–Crippen MR) is 85.2 cm³/mol. The molecule has 0 saturated heterocycles. The Hall–Kier alpha value is -2.36. The van der Waals surface area contributed by atoms with Gasteiger partial charge < -0.3 is 0 Å². The van der Waals surface area contributed by atoms with E-state index in [2.05, 4.69) is 4.98 Å². The average Bonchev–Trinajstić information content (AvgIpc) is 2.54. The van der Waals surface area contributed by atoms with Gasteiger partial charge in [-0.2, -0.15) is 13.2 Å². The fourth-order valence-corrected chi connectivity index (χ4v) is 2.82. The highest BCUT2D eigenvalue weighted by molar-refractivity contribution is 5.86. The van der Waals surface area contributed by atoms with Crippen LogP contribution in [0.15, 0.2) is 60.8 Å². The monoisotopic (exact) mass is 315 g/mol. The molecular weight excluding hydrogens is 299 g/mol. The zero-order valence-corrected chi connectivity index (χ0v) is 12.5. The van der Waals surface area contributed by atoms with Gasteiger partial charge in [-0.1, -0.05) is 54.6 Å². The number of hydrogen-bond acceptors (Lipinski definition) is 1. The van der Waals surface area contributed by atoms with Crippen LogP contribution in [0.3, 0.4) is 0 Å². The van der Waals surface area contributed by atoms with Crippen LogP contribution >= 0.6 is 0 Å². The Bertz CT molecular complexity index is 795. The third-order valence-electron chi connectivity index (χ3n) is 3.88. The van der Waals surface area contributed by atoms with Gasteiger partial charge in [0.2, 0.25) is 0 Å². The molecule has 4 heteroatoms. The summed E-state index contributed by atoms with van der Waals surface area (Å²) in [5.41, 5.74) is 0.664. The molecule has 0 aliphatic rings. The summed E-state index contributed by atoms with van der Waals surface area (Å²) in [5, 5.41) is 0.747. The van der Waals surface area contributed by atoms with Crippen LogP contribution in [-0.4, -0.2) is 4.98 Å². The molecule has 1 aromatic heterocycles. The summed E-state index contributed by atoms with van der Waals surface area (Å²) < 4.78 is 40.5. The quantitative estimate of drug-likeness (QED) is 0.625. The molecule has 1 nitrogen and oxygen atoms in total. The van der Waals surface area contributed by atoms with Gasteiger partial charge in [-0.25, -0.2) is 0 Å². The smallest absolute Gasteiger partial charge is 0.260 e. The Kier molecular flexibility index (Phi) is 4.33. The second-order valence-electron chi connectivity index (χ2n) is 5.50. The van der Waals surface area contributed by atoms with E-state index in [1.165, 1.54) is 12.3 Å². The summed E-state index contributed by atoms with van der Waals surface area (Å²) >= 11 is 0. The molecule has 0 N–H and O–H groups in total. The fourth-order valence-electron chi connectivity index (χ4n) is 2.82. The third-order valence-corrected chi connectivity index (χ3v) is 3.88. The van der Waals surface area contributed by atoms with E-state index < -0.39 is 11.7 Å². The van der Waals surface area contributed by atoms with Crippen molar-refractivity contribution in [3.05, 3.63) is 77.6 Å². The normalized spacial score (nSPS) is 11.8. The molecule has 0 aliphatic carbocycles. The minimum Gasteiger partial charge on any atom is -0.260 e. The molecule has 1 heterocycles. The molecule has 0 radical (unpaired) electrons. The maximum atomic E-state index is 13.5. The maximum Gasteiger partial charge on any atom is 0.418 e. The number of rotatable bonds is 4. The average molecular weight is 315 g/mol. The van der Waals surface area contributed by atoms with E-state index in [9.17, 15) is 13.2 Å². The van der Waals surface area contributed by atoms with Crippen molar-refractivity contribution >= 4 is 10.8 Å². The molecule has 23 heavy (non-hydrogen) atoms. The van der Waals surface area contributed by atoms with Crippen LogP contribution in [0, 0.1) is 0 Å². The van der Waals surface area contributed by atoms with Crippen LogP contribution in [0.5, 0.6) is 0 Å². The number of nitrogens with zero attached hydrogens (tertiary/aromatic N) is 1. The molecule has 3 rings (SSSR count). The fraction of sp³-hybridized carbons (Fsp3) is 0.211. The highest BCUT2D eigenvalue weighted by Crippen LogP contribution is 2.37. The number of hydrogen-bond donors (Lipinski definition) is 0. The van der Waals surface area contributed by atoms with E-state index in [4.69, 9.17) is 0 Å². The first-order valence-electron chi connectivity index (χ1n) is 7.53. The lowest BCUT2D eigenvalue weighted by molar-refractivity contribution is -0.137. The molecular formula is C19H16F3N. The zero-order valence-electron chi connectivity index (χ0n) is 12.5. The van der Waals surface area contributed by atoms with Crippen LogP contribution in [0.2, 0.25) is 0 Å². The van der Waals surface area contributed by atoms with Gasteiger partial charge >= 0.3 is 6.18 Å². The Morgan fingerprint density at radius 1 is 0.826 bits per heavy atom. The van der Waals surface area contributed by atoms with Crippen molar-refractivity contribution in [1.29, 1.82) is 0 Å². The zero-order chi connectivity index (χ0) is 16.3. The van der Waals surface area contributed by atoms with Crippen LogP contribution in [0.4, 0.5) is 13.2 Å². The van der Waals surface area contributed by atoms with E-state index in [1.54, 1.807) is 18.2 Å². The van der Waals surface area contributed by atoms with Crippen molar-refractivity contribution in [3.8, 4) is 0 Å². The van der Waals surface area contributed by atoms with Crippen molar-refractivity contribution in [1.82, 2.24) is 4.98 Å². The Balaban J connectivity index is 1.88. The summed E-state index contributed by atoms with van der Waals surface area (Å²) in [4.78, 5) is 4.08. The van der Waals surface area contributed by atoms with Crippen molar-refractivity contribution in [2.75, 3.05) is 0 Å². The largest absolute Gasteiger partial charge is 0.418 e. The lowest BCUT2D eigenvalue weighted by atomic mass is 9.99. The predicted octanol–water partition coefficient (Wildman–Crippen LogP) is 5.43. The third kappa shape index (κ3) is 3.52. The molecule has 0 atom stereocenters. The number of aryl methyl sites for hydroxylation is 2. The van der Waals surface area contributed by atoms with Crippen LogP contribution < -0.4 is 0 Å². The van der Waals surface area contributed by atoms with Gasteiger partial charge in [-0.3, -0.25) is 4.98 Å². The summed E-state index contributed by atoms with van der Waals surface area (Å²) in [6.07, 6.45) is -1.17. The second kappa shape index (κ2) is 6.41.